The summed E-state index contributed by atoms with van der Waals surface area (Å²) < 4.78 is 25.7. The predicted molar refractivity (Wildman–Crippen MR) is 126 cm³/mol. The van der Waals surface area contributed by atoms with Crippen molar-refractivity contribution in [2.24, 2.45) is 0 Å². The summed E-state index contributed by atoms with van der Waals surface area (Å²) in [6.45, 7) is 10.3. The van der Waals surface area contributed by atoms with Crippen molar-refractivity contribution in [2.45, 2.75) is 51.6 Å². The molecule has 3 heteroatoms. The van der Waals surface area contributed by atoms with Crippen molar-refractivity contribution in [3.05, 3.63) is 102 Å². The van der Waals surface area contributed by atoms with Crippen LogP contribution in [0.1, 0.15) is 44.7 Å². The fourth-order valence-corrected chi connectivity index (χ4v) is 3.61. The molecule has 0 fully saturated rings. The minimum absolute atomic E-state index is 0.139. The van der Waals surface area contributed by atoms with Gasteiger partial charge in [0.2, 0.25) is 0 Å². The normalized spacial score (nSPS) is 12.9. The Balaban J connectivity index is 1.63. The monoisotopic (exact) mass is 418 g/mol. The SMILES string of the molecule is C=CC(C)(CCCc1ccc(F)c(Oc2ccccc2)c1)c1ccc(OC(C)C)cc1. The first-order valence-electron chi connectivity index (χ1n) is 10.8. The third-order valence-electron chi connectivity index (χ3n) is 5.46. The number of halogens is 1. The van der Waals surface area contributed by atoms with Crippen molar-refractivity contribution in [1.29, 1.82) is 0 Å². The van der Waals surface area contributed by atoms with Crippen LogP contribution in [-0.2, 0) is 11.8 Å². The Morgan fingerprint density at radius 1 is 0.968 bits per heavy atom. The number of aryl methyl sites for hydroxylation is 1. The molecule has 0 saturated heterocycles. The molecule has 2 nitrogen and oxygen atoms in total. The lowest BCUT2D eigenvalue weighted by molar-refractivity contribution is 0.242. The minimum atomic E-state index is -0.354. The second kappa shape index (κ2) is 10.3. The van der Waals surface area contributed by atoms with E-state index in [0.717, 1.165) is 30.6 Å². The van der Waals surface area contributed by atoms with Gasteiger partial charge in [0.15, 0.2) is 11.6 Å². The van der Waals surface area contributed by atoms with Crippen LogP contribution in [0.5, 0.6) is 17.2 Å². The van der Waals surface area contributed by atoms with E-state index in [0.29, 0.717) is 5.75 Å². The highest BCUT2D eigenvalue weighted by Crippen LogP contribution is 2.33. The van der Waals surface area contributed by atoms with Gasteiger partial charge in [-0.3, -0.25) is 0 Å². The number of hydrogen-bond acceptors (Lipinski definition) is 2. The number of benzene rings is 3. The maximum atomic E-state index is 14.2. The third-order valence-corrected chi connectivity index (χ3v) is 5.46. The molecule has 3 rings (SSSR count). The molecule has 1 atom stereocenters. The van der Waals surface area contributed by atoms with Crippen molar-refractivity contribution in [3.8, 4) is 17.2 Å². The lowest BCUT2D eigenvalue weighted by Crippen LogP contribution is -2.19. The molecule has 0 heterocycles. The van der Waals surface area contributed by atoms with Crippen LogP contribution >= 0.6 is 0 Å². The molecule has 31 heavy (non-hydrogen) atoms. The Kier molecular flexibility index (Phi) is 7.51. The molecule has 0 spiro atoms. The summed E-state index contributed by atoms with van der Waals surface area (Å²) in [7, 11) is 0. The largest absolute Gasteiger partial charge is 0.491 e. The fraction of sp³-hybridized carbons (Fsp3) is 0.286. The number of para-hydroxylation sites is 1. The lowest BCUT2D eigenvalue weighted by Gasteiger charge is -2.27. The van der Waals surface area contributed by atoms with E-state index >= 15 is 0 Å². The summed E-state index contributed by atoms with van der Waals surface area (Å²) in [4.78, 5) is 0. The van der Waals surface area contributed by atoms with Crippen molar-refractivity contribution in [3.63, 3.8) is 0 Å². The quantitative estimate of drug-likeness (QED) is 0.312. The summed E-state index contributed by atoms with van der Waals surface area (Å²) in [5.41, 5.74) is 2.13. The highest BCUT2D eigenvalue weighted by Gasteiger charge is 2.22. The van der Waals surface area contributed by atoms with E-state index in [4.69, 9.17) is 9.47 Å². The van der Waals surface area contributed by atoms with Gasteiger partial charge in [0.25, 0.3) is 0 Å². The highest BCUT2D eigenvalue weighted by molar-refractivity contribution is 5.36. The molecule has 1 unspecified atom stereocenters. The Bertz CT molecular complexity index is 980. The van der Waals surface area contributed by atoms with Crippen LogP contribution in [0.3, 0.4) is 0 Å². The van der Waals surface area contributed by atoms with E-state index in [-0.39, 0.29) is 23.1 Å². The molecule has 0 radical (unpaired) electrons. The van der Waals surface area contributed by atoms with Crippen LogP contribution in [0.2, 0.25) is 0 Å². The zero-order valence-electron chi connectivity index (χ0n) is 18.6. The van der Waals surface area contributed by atoms with Gasteiger partial charge in [0.1, 0.15) is 11.5 Å². The maximum absolute atomic E-state index is 14.2. The average Bonchev–Trinajstić information content (AvgIpc) is 2.76. The summed E-state index contributed by atoms with van der Waals surface area (Å²) in [6, 6.07) is 22.7. The van der Waals surface area contributed by atoms with E-state index in [1.165, 1.54) is 11.6 Å². The van der Waals surface area contributed by atoms with Gasteiger partial charge < -0.3 is 9.47 Å². The zero-order chi connectivity index (χ0) is 22.3. The summed E-state index contributed by atoms with van der Waals surface area (Å²) in [5, 5.41) is 0. The molecule has 0 aliphatic heterocycles. The Morgan fingerprint density at radius 2 is 1.68 bits per heavy atom. The van der Waals surface area contributed by atoms with Crippen LogP contribution in [0, 0.1) is 5.82 Å². The highest BCUT2D eigenvalue weighted by atomic mass is 19.1. The van der Waals surface area contributed by atoms with Crippen molar-refractivity contribution in [1.82, 2.24) is 0 Å². The Hall–Kier alpha value is -3.07. The van der Waals surface area contributed by atoms with Crippen LogP contribution in [0.15, 0.2) is 85.5 Å². The fourth-order valence-electron chi connectivity index (χ4n) is 3.61. The van der Waals surface area contributed by atoms with E-state index in [2.05, 4.69) is 25.6 Å². The third kappa shape index (κ3) is 6.21. The predicted octanol–water partition coefficient (Wildman–Crippen LogP) is 7.87. The molecule has 0 bridgehead atoms. The molecule has 162 valence electrons. The molecule has 0 aliphatic carbocycles. The van der Waals surface area contributed by atoms with Crippen molar-refractivity contribution in [2.75, 3.05) is 0 Å². The maximum Gasteiger partial charge on any atom is 0.165 e. The Morgan fingerprint density at radius 3 is 2.32 bits per heavy atom. The topological polar surface area (TPSA) is 18.5 Å². The van der Waals surface area contributed by atoms with E-state index in [1.54, 1.807) is 6.07 Å². The summed E-state index contributed by atoms with van der Waals surface area (Å²) in [6.07, 6.45) is 4.89. The molecule has 3 aromatic rings. The molecule has 0 N–H and O–H groups in total. The number of allylic oxidation sites excluding steroid dienone is 1. The lowest BCUT2D eigenvalue weighted by atomic mass is 9.78. The average molecular weight is 419 g/mol. The van der Waals surface area contributed by atoms with E-state index in [9.17, 15) is 4.39 Å². The van der Waals surface area contributed by atoms with E-state index < -0.39 is 0 Å². The van der Waals surface area contributed by atoms with Gasteiger partial charge in [-0.05, 0) is 80.6 Å². The van der Waals surface area contributed by atoms with E-state index in [1.807, 2.05) is 68.5 Å². The summed E-state index contributed by atoms with van der Waals surface area (Å²) >= 11 is 0. The smallest absolute Gasteiger partial charge is 0.165 e. The molecule has 0 saturated carbocycles. The summed E-state index contributed by atoms with van der Waals surface area (Å²) in [5.74, 6) is 1.41. The molecule has 0 aromatic heterocycles. The first-order valence-corrected chi connectivity index (χ1v) is 10.8. The molecular weight excluding hydrogens is 387 g/mol. The molecule has 0 aliphatic rings. The number of hydrogen-bond donors (Lipinski definition) is 0. The minimum Gasteiger partial charge on any atom is -0.491 e. The number of rotatable bonds is 10. The van der Waals surface area contributed by atoms with Crippen LogP contribution in [0.25, 0.3) is 0 Å². The first-order chi connectivity index (χ1) is 14.9. The molecular formula is C28H31FO2. The molecule has 0 amide bonds. The second-order valence-electron chi connectivity index (χ2n) is 8.35. The number of ether oxygens (including phenoxy) is 2. The second-order valence-corrected chi connectivity index (χ2v) is 8.35. The van der Waals surface area contributed by atoms with Gasteiger partial charge in [-0.2, -0.15) is 0 Å². The van der Waals surface area contributed by atoms with Gasteiger partial charge in [0, 0.05) is 5.41 Å². The zero-order valence-corrected chi connectivity index (χ0v) is 18.6. The van der Waals surface area contributed by atoms with Gasteiger partial charge in [-0.25, -0.2) is 4.39 Å². The van der Waals surface area contributed by atoms with Crippen molar-refractivity contribution >= 4 is 0 Å². The Labute approximate surface area is 185 Å². The van der Waals surface area contributed by atoms with Gasteiger partial charge in [-0.15, -0.1) is 6.58 Å². The van der Waals surface area contributed by atoms with Crippen LogP contribution in [0.4, 0.5) is 4.39 Å². The molecule has 3 aromatic carbocycles. The first kappa shape index (κ1) is 22.6. The van der Waals surface area contributed by atoms with Gasteiger partial charge in [0.05, 0.1) is 6.10 Å². The standard InChI is InChI=1S/C28H31FO2/c1-5-28(4,23-14-16-25(17-15-23)30-21(2)3)19-9-10-22-13-18-26(29)27(20-22)31-24-11-7-6-8-12-24/h5-8,11-18,20-21H,1,9-10,19H2,2-4H3. The van der Waals surface area contributed by atoms with Gasteiger partial charge >= 0.3 is 0 Å². The van der Waals surface area contributed by atoms with Crippen LogP contribution < -0.4 is 9.47 Å². The van der Waals surface area contributed by atoms with Crippen LogP contribution in [-0.4, -0.2) is 6.10 Å². The van der Waals surface area contributed by atoms with Crippen molar-refractivity contribution < 1.29 is 13.9 Å². The van der Waals surface area contributed by atoms with Gasteiger partial charge in [-0.1, -0.05) is 49.4 Å².